The summed E-state index contributed by atoms with van der Waals surface area (Å²) in [7, 11) is 3.21. The molecular weight excluding hydrogens is 196 g/mol. The lowest BCUT2D eigenvalue weighted by atomic mass is 9.93. The third-order valence-corrected chi connectivity index (χ3v) is 2.55. The molecule has 5 nitrogen and oxygen atoms in total. The molecule has 0 aliphatic carbocycles. The Balaban J connectivity index is 3.30. The van der Waals surface area contributed by atoms with E-state index in [1.54, 1.807) is 20.3 Å². The first-order valence-corrected chi connectivity index (χ1v) is 4.81. The summed E-state index contributed by atoms with van der Waals surface area (Å²) in [5, 5.41) is 9.10. The summed E-state index contributed by atoms with van der Waals surface area (Å²) >= 11 is 0. The Morgan fingerprint density at radius 2 is 1.93 bits per heavy atom. The Bertz CT molecular complexity index is 428. The maximum absolute atomic E-state index is 11.5. The summed E-state index contributed by atoms with van der Waals surface area (Å²) in [5.74, 6) is -1.58. The highest BCUT2D eigenvalue weighted by atomic mass is 16.4. The summed E-state index contributed by atoms with van der Waals surface area (Å²) in [4.78, 5) is 22.6. The molecule has 0 bridgehead atoms. The Hall–Kier alpha value is -1.52. The van der Waals surface area contributed by atoms with Crippen molar-refractivity contribution in [2.45, 2.75) is 19.8 Å². The maximum Gasteiger partial charge on any atom is 0.327 e. The molecule has 0 fully saturated rings. The summed E-state index contributed by atoms with van der Waals surface area (Å²) < 4.78 is 2.78. The lowest BCUT2D eigenvalue weighted by Crippen LogP contribution is -2.24. The molecule has 0 amide bonds. The molecule has 84 valence electrons. The Labute approximate surface area is 88.0 Å². The van der Waals surface area contributed by atoms with E-state index in [2.05, 4.69) is 0 Å². The van der Waals surface area contributed by atoms with Crippen LogP contribution in [0.3, 0.4) is 0 Å². The van der Waals surface area contributed by atoms with Crippen molar-refractivity contribution >= 4 is 5.97 Å². The molecule has 0 saturated heterocycles. The van der Waals surface area contributed by atoms with Gasteiger partial charge in [-0.1, -0.05) is 13.8 Å². The van der Waals surface area contributed by atoms with Gasteiger partial charge < -0.3 is 9.67 Å². The van der Waals surface area contributed by atoms with Gasteiger partial charge in [-0.2, -0.15) is 0 Å². The Morgan fingerprint density at radius 1 is 1.40 bits per heavy atom. The molecule has 1 heterocycles. The summed E-state index contributed by atoms with van der Waals surface area (Å²) in [5.41, 5.74) is 0.349. The molecule has 0 aliphatic heterocycles. The van der Waals surface area contributed by atoms with Crippen LogP contribution in [0.15, 0.2) is 11.0 Å². The fourth-order valence-electron chi connectivity index (χ4n) is 1.73. The number of hydrogen-bond donors (Lipinski definition) is 1. The first kappa shape index (κ1) is 11.6. The van der Waals surface area contributed by atoms with Crippen LogP contribution in [0, 0.1) is 5.92 Å². The molecule has 15 heavy (non-hydrogen) atoms. The van der Waals surface area contributed by atoms with Crippen molar-refractivity contribution in [1.29, 1.82) is 0 Å². The number of carbonyl (C=O) groups is 1. The predicted molar refractivity (Wildman–Crippen MR) is 55.9 cm³/mol. The minimum Gasteiger partial charge on any atom is -0.481 e. The van der Waals surface area contributed by atoms with E-state index in [4.69, 9.17) is 5.11 Å². The van der Waals surface area contributed by atoms with Crippen LogP contribution >= 0.6 is 0 Å². The first-order valence-electron chi connectivity index (χ1n) is 4.81. The van der Waals surface area contributed by atoms with E-state index < -0.39 is 11.9 Å². The standard InChI is InChI=1S/C10H16N2O3/c1-6(2)8(9(13)14)7-5-11(3)10(15)12(7)4/h5-6,8H,1-4H3,(H,13,14). The normalized spacial score (nSPS) is 13.1. The maximum atomic E-state index is 11.5. The number of carboxylic acids is 1. The molecule has 1 unspecified atom stereocenters. The lowest BCUT2D eigenvalue weighted by Gasteiger charge is -2.15. The van der Waals surface area contributed by atoms with Gasteiger partial charge in [0.15, 0.2) is 0 Å². The van der Waals surface area contributed by atoms with Gasteiger partial charge in [-0.05, 0) is 5.92 Å². The first-order chi connectivity index (χ1) is 6.86. The smallest absolute Gasteiger partial charge is 0.327 e. The molecule has 1 N–H and O–H groups in total. The van der Waals surface area contributed by atoms with Crippen LogP contribution in [0.5, 0.6) is 0 Å². The van der Waals surface area contributed by atoms with E-state index in [0.717, 1.165) is 0 Å². The molecule has 0 spiro atoms. The van der Waals surface area contributed by atoms with Gasteiger partial charge in [-0.15, -0.1) is 0 Å². The molecule has 0 radical (unpaired) electrons. The monoisotopic (exact) mass is 212 g/mol. The Kier molecular flexibility index (Phi) is 3.02. The number of aromatic nitrogens is 2. The quantitative estimate of drug-likeness (QED) is 0.795. The molecular formula is C10H16N2O3. The predicted octanol–water partition coefficient (Wildman–Crippen LogP) is 0.548. The second kappa shape index (κ2) is 3.92. The zero-order valence-corrected chi connectivity index (χ0v) is 9.39. The van der Waals surface area contributed by atoms with Crippen molar-refractivity contribution in [3.8, 4) is 0 Å². The van der Waals surface area contributed by atoms with Crippen LogP contribution in [-0.4, -0.2) is 20.2 Å². The van der Waals surface area contributed by atoms with E-state index in [0.29, 0.717) is 5.69 Å². The summed E-state index contributed by atoms with van der Waals surface area (Å²) in [6.07, 6.45) is 1.58. The number of hydrogen-bond acceptors (Lipinski definition) is 2. The van der Waals surface area contributed by atoms with Crippen LogP contribution in [0.4, 0.5) is 0 Å². The number of imidazole rings is 1. The minimum absolute atomic E-state index is 0.0458. The average Bonchev–Trinajstić information content (AvgIpc) is 2.33. The second-order valence-corrected chi connectivity index (χ2v) is 4.07. The fraction of sp³-hybridized carbons (Fsp3) is 0.600. The highest BCUT2D eigenvalue weighted by molar-refractivity contribution is 5.75. The topological polar surface area (TPSA) is 64.2 Å². The van der Waals surface area contributed by atoms with Crippen LogP contribution in [-0.2, 0) is 18.9 Å². The van der Waals surface area contributed by atoms with Crippen LogP contribution < -0.4 is 5.69 Å². The van der Waals surface area contributed by atoms with Crippen LogP contribution in [0.1, 0.15) is 25.5 Å². The fourth-order valence-corrected chi connectivity index (χ4v) is 1.73. The number of aryl methyl sites for hydroxylation is 1. The van der Waals surface area contributed by atoms with E-state index >= 15 is 0 Å². The largest absolute Gasteiger partial charge is 0.481 e. The van der Waals surface area contributed by atoms with E-state index in [9.17, 15) is 9.59 Å². The Morgan fingerprint density at radius 3 is 2.20 bits per heavy atom. The van der Waals surface area contributed by atoms with Gasteiger partial charge >= 0.3 is 11.7 Å². The van der Waals surface area contributed by atoms with Crippen molar-refractivity contribution in [1.82, 2.24) is 9.13 Å². The summed E-state index contributed by atoms with van der Waals surface area (Å²) in [6.45, 7) is 3.66. The molecule has 1 rings (SSSR count). The van der Waals surface area contributed by atoms with Gasteiger partial charge in [0.25, 0.3) is 0 Å². The third kappa shape index (κ3) is 1.95. The van der Waals surface area contributed by atoms with Gasteiger partial charge in [-0.3, -0.25) is 9.36 Å². The second-order valence-electron chi connectivity index (χ2n) is 4.07. The zero-order chi connectivity index (χ0) is 11.7. The number of aliphatic carboxylic acids is 1. The third-order valence-electron chi connectivity index (χ3n) is 2.55. The number of carboxylic acid groups (broad SMARTS) is 1. The molecule has 1 atom stereocenters. The lowest BCUT2D eigenvalue weighted by molar-refractivity contribution is -0.140. The van der Waals surface area contributed by atoms with Gasteiger partial charge in [-0.25, -0.2) is 4.79 Å². The number of rotatable bonds is 3. The van der Waals surface area contributed by atoms with E-state index in [-0.39, 0.29) is 11.6 Å². The van der Waals surface area contributed by atoms with Crippen molar-refractivity contribution < 1.29 is 9.90 Å². The molecule has 0 aromatic carbocycles. The zero-order valence-electron chi connectivity index (χ0n) is 9.39. The molecule has 1 aromatic heterocycles. The van der Waals surface area contributed by atoms with Crippen molar-refractivity contribution in [2.75, 3.05) is 0 Å². The van der Waals surface area contributed by atoms with Gasteiger partial charge in [0.2, 0.25) is 0 Å². The highest BCUT2D eigenvalue weighted by Crippen LogP contribution is 2.23. The van der Waals surface area contributed by atoms with Crippen LogP contribution in [0.25, 0.3) is 0 Å². The SMILES string of the molecule is CC(C)C(C(=O)O)c1cn(C)c(=O)n1C. The molecule has 0 aliphatic rings. The minimum atomic E-state index is -0.897. The van der Waals surface area contributed by atoms with Crippen LogP contribution in [0.2, 0.25) is 0 Å². The highest BCUT2D eigenvalue weighted by Gasteiger charge is 2.27. The molecule has 0 saturated carbocycles. The average molecular weight is 212 g/mol. The summed E-state index contributed by atoms with van der Waals surface area (Å²) in [6, 6.07) is 0. The van der Waals surface area contributed by atoms with Crippen molar-refractivity contribution in [3.05, 3.63) is 22.4 Å². The van der Waals surface area contributed by atoms with Gasteiger partial charge in [0.05, 0.1) is 5.69 Å². The molecule has 1 aromatic rings. The number of nitrogens with zero attached hydrogens (tertiary/aromatic N) is 2. The van der Waals surface area contributed by atoms with Gasteiger partial charge in [0.1, 0.15) is 5.92 Å². The molecule has 5 heteroatoms. The van der Waals surface area contributed by atoms with Crippen molar-refractivity contribution in [3.63, 3.8) is 0 Å². The van der Waals surface area contributed by atoms with Gasteiger partial charge in [0, 0.05) is 20.3 Å². The van der Waals surface area contributed by atoms with E-state index in [1.807, 2.05) is 13.8 Å². The van der Waals surface area contributed by atoms with Crippen molar-refractivity contribution in [2.24, 2.45) is 20.0 Å². The van der Waals surface area contributed by atoms with E-state index in [1.165, 1.54) is 9.13 Å².